The number of ether oxygens (including phenoxy) is 1. The Kier molecular flexibility index (Phi) is 4.45. The van der Waals surface area contributed by atoms with Crippen LogP contribution in [0.4, 0.5) is 5.69 Å². The van der Waals surface area contributed by atoms with E-state index in [4.69, 9.17) is 9.15 Å². The van der Waals surface area contributed by atoms with Crippen molar-refractivity contribution < 1.29 is 23.8 Å². The monoisotopic (exact) mass is 375 g/mol. The fraction of sp³-hybridized carbons (Fsp3) is 0.0909. The number of amides is 1. The summed E-state index contributed by atoms with van der Waals surface area (Å²) in [5, 5.41) is 10.6. The minimum absolute atomic E-state index is 0.0195. The number of furan rings is 1. The van der Waals surface area contributed by atoms with E-state index in [1.165, 1.54) is 17.2 Å². The SMILES string of the molecule is COc1ccc(C2C(C(=O)c3ccco3)=C(O)C(=O)N2c2ccccc2)cc1. The van der Waals surface area contributed by atoms with Crippen LogP contribution < -0.4 is 9.64 Å². The fourth-order valence-electron chi connectivity index (χ4n) is 3.33. The summed E-state index contributed by atoms with van der Waals surface area (Å²) in [6.07, 6.45) is 1.37. The van der Waals surface area contributed by atoms with Crippen LogP contribution in [0, 0.1) is 0 Å². The van der Waals surface area contributed by atoms with E-state index in [-0.39, 0.29) is 11.3 Å². The number of hydrogen-bond donors (Lipinski definition) is 1. The average molecular weight is 375 g/mol. The van der Waals surface area contributed by atoms with Gasteiger partial charge >= 0.3 is 0 Å². The largest absolute Gasteiger partial charge is 0.503 e. The second-order valence-corrected chi connectivity index (χ2v) is 6.26. The van der Waals surface area contributed by atoms with Crippen molar-refractivity contribution in [3.05, 3.63) is 95.6 Å². The summed E-state index contributed by atoms with van der Waals surface area (Å²) < 4.78 is 10.4. The van der Waals surface area contributed by atoms with Gasteiger partial charge in [-0.15, -0.1) is 0 Å². The predicted octanol–water partition coefficient (Wildman–Crippen LogP) is 4.07. The molecule has 0 fully saturated rings. The van der Waals surface area contributed by atoms with Crippen LogP contribution in [-0.4, -0.2) is 23.9 Å². The molecule has 0 aliphatic carbocycles. The van der Waals surface area contributed by atoms with E-state index in [1.807, 2.05) is 6.07 Å². The van der Waals surface area contributed by atoms with Gasteiger partial charge in [0.2, 0.25) is 5.78 Å². The summed E-state index contributed by atoms with van der Waals surface area (Å²) in [7, 11) is 1.56. The highest BCUT2D eigenvalue weighted by Crippen LogP contribution is 2.42. The van der Waals surface area contributed by atoms with Gasteiger partial charge in [0.15, 0.2) is 11.5 Å². The summed E-state index contributed by atoms with van der Waals surface area (Å²) in [5.74, 6) is -1.04. The molecule has 4 rings (SSSR count). The van der Waals surface area contributed by atoms with Gasteiger partial charge in [-0.2, -0.15) is 0 Å². The number of anilines is 1. The van der Waals surface area contributed by atoms with Crippen LogP contribution in [0.3, 0.4) is 0 Å². The van der Waals surface area contributed by atoms with Gasteiger partial charge in [-0.1, -0.05) is 30.3 Å². The fourth-order valence-corrected chi connectivity index (χ4v) is 3.33. The molecule has 6 heteroatoms. The molecule has 2 heterocycles. The molecule has 0 spiro atoms. The zero-order valence-corrected chi connectivity index (χ0v) is 15.0. The molecular weight excluding hydrogens is 358 g/mol. The van der Waals surface area contributed by atoms with Crippen LogP contribution in [0.2, 0.25) is 0 Å². The number of carbonyl (C=O) groups is 2. The van der Waals surface area contributed by atoms with E-state index >= 15 is 0 Å². The number of hydrogen-bond acceptors (Lipinski definition) is 5. The summed E-state index contributed by atoms with van der Waals surface area (Å²) in [6.45, 7) is 0. The number of aliphatic hydroxyl groups excluding tert-OH is 1. The van der Waals surface area contributed by atoms with Crippen molar-refractivity contribution in [2.75, 3.05) is 12.0 Å². The molecule has 28 heavy (non-hydrogen) atoms. The van der Waals surface area contributed by atoms with Gasteiger partial charge in [0, 0.05) is 5.69 Å². The quantitative estimate of drug-likeness (QED) is 0.680. The maximum atomic E-state index is 13.0. The first-order valence-corrected chi connectivity index (χ1v) is 8.65. The molecule has 1 N–H and O–H groups in total. The lowest BCUT2D eigenvalue weighted by molar-refractivity contribution is -0.117. The second-order valence-electron chi connectivity index (χ2n) is 6.26. The number of para-hydroxylation sites is 1. The number of rotatable bonds is 5. The Balaban J connectivity index is 1.86. The van der Waals surface area contributed by atoms with E-state index in [1.54, 1.807) is 61.7 Å². The van der Waals surface area contributed by atoms with Crippen molar-refractivity contribution in [1.29, 1.82) is 0 Å². The molecule has 1 aliphatic heterocycles. The molecular formula is C22H17NO5. The molecule has 0 saturated carbocycles. The van der Waals surface area contributed by atoms with Crippen molar-refractivity contribution in [1.82, 2.24) is 0 Å². The van der Waals surface area contributed by atoms with E-state index in [9.17, 15) is 14.7 Å². The highest BCUT2D eigenvalue weighted by atomic mass is 16.5. The summed E-state index contributed by atoms with van der Waals surface area (Å²) in [5.41, 5.74) is 1.22. The first-order valence-electron chi connectivity index (χ1n) is 8.65. The molecule has 1 unspecified atom stereocenters. The Labute approximate surface area is 161 Å². The standard InChI is InChI=1S/C22H17NO5/c1-27-16-11-9-14(10-12-16)19-18(20(24)17-8-5-13-28-17)21(25)22(26)23(19)15-6-3-2-4-7-15/h2-13,19,25H,1H3. The third-order valence-electron chi connectivity index (χ3n) is 4.66. The molecule has 3 aromatic rings. The van der Waals surface area contributed by atoms with Crippen molar-refractivity contribution in [2.45, 2.75) is 6.04 Å². The van der Waals surface area contributed by atoms with Gasteiger partial charge in [0.05, 0.1) is 25.0 Å². The van der Waals surface area contributed by atoms with E-state index in [2.05, 4.69) is 0 Å². The smallest absolute Gasteiger partial charge is 0.294 e. The second kappa shape index (κ2) is 7.08. The van der Waals surface area contributed by atoms with Crippen molar-refractivity contribution in [3.63, 3.8) is 0 Å². The normalized spacial score (nSPS) is 16.5. The Morgan fingerprint density at radius 3 is 2.36 bits per heavy atom. The van der Waals surface area contributed by atoms with Crippen LogP contribution in [0.25, 0.3) is 0 Å². The average Bonchev–Trinajstić information content (AvgIpc) is 3.36. The Morgan fingerprint density at radius 2 is 1.75 bits per heavy atom. The first kappa shape index (κ1) is 17.6. The highest BCUT2D eigenvalue weighted by Gasteiger charge is 2.45. The van der Waals surface area contributed by atoms with Gasteiger partial charge in [0.1, 0.15) is 5.75 Å². The number of Topliss-reactive ketones (excluding diaryl/α,β-unsaturated/α-hetero) is 1. The van der Waals surface area contributed by atoms with Crippen LogP contribution in [0.1, 0.15) is 22.2 Å². The lowest BCUT2D eigenvalue weighted by Gasteiger charge is -2.26. The maximum absolute atomic E-state index is 13.0. The van der Waals surface area contributed by atoms with Crippen LogP contribution in [0.5, 0.6) is 5.75 Å². The van der Waals surface area contributed by atoms with Crippen molar-refractivity contribution in [2.24, 2.45) is 0 Å². The minimum atomic E-state index is -0.793. The van der Waals surface area contributed by atoms with Gasteiger partial charge in [0.25, 0.3) is 5.91 Å². The van der Waals surface area contributed by atoms with Crippen LogP contribution in [-0.2, 0) is 4.79 Å². The van der Waals surface area contributed by atoms with E-state index < -0.39 is 23.5 Å². The van der Waals surface area contributed by atoms with Crippen LogP contribution in [0.15, 0.2) is 88.7 Å². The topological polar surface area (TPSA) is 80.0 Å². The molecule has 0 bridgehead atoms. The summed E-state index contributed by atoms with van der Waals surface area (Å²) in [4.78, 5) is 27.4. The zero-order valence-electron chi connectivity index (χ0n) is 15.0. The van der Waals surface area contributed by atoms with Crippen molar-refractivity contribution in [3.8, 4) is 5.75 Å². The summed E-state index contributed by atoms with van der Waals surface area (Å²) >= 11 is 0. The van der Waals surface area contributed by atoms with E-state index in [0.717, 1.165) is 0 Å². The number of methoxy groups -OCH3 is 1. The molecule has 1 aromatic heterocycles. The Hall–Kier alpha value is -3.80. The number of nitrogens with zero attached hydrogens (tertiary/aromatic N) is 1. The number of ketones is 1. The molecule has 0 radical (unpaired) electrons. The maximum Gasteiger partial charge on any atom is 0.294 e. The summed E-state index contributed by atoms with van der Waals surface area (Å²) in [6, 6.07) is 18.2. The van der Waals surface area contributed by atoms with E-state index in [0.29, 0.717) is 17.0 Å². The molecule has 6 nitrogen and oxygen atoms in total. The van der Waals surface area contributed by atoms with Gasteiger partial charge in [-0.3, -0.25) is 14.5 Å². The molecule has 1 aliphatic rings. The Morgan fingerprint density at radius 1 is 1.04 bits per heavy atom. The number of benzene rings is 2. The predicted molar refractivity (Wildman–Crippen MR) is 102 cm³/mol. The van der Waals surface area contributed by atoms with Gasteiger partial charge in [-0.05, 0) is 42.0 Å². The number of carbonyl (C=O) groups excluding carboxylic acids is 2. The highest BCUT2D eigenvalue weighted by molar-refractivity contribution is 6.20. The molecule has 1 amide bonds. The lowest BCUT2D eigenvalue weighted by Crippen LogP contribution is -2.31. The number of aliphatic hydroxyl groups is 1. The molecule has 140 valence electrons. The van der Waals surface area contributed by atoms with Crippen molar-refractivity contribution >= 4 is 17.4 Å². The van der Waals surface area contributed by atoms with Gasteiger partial charge < -0.3 is 14.3 Å². The zero-order chi connectivity index (χ0) is 19.7. The first-order chi connectivity index (χ1) is 13.6. The molecule has 0 saturated heterocycles. The van der Waals surface area contributed by atoms with Crippen LogP contribution >= 0.6 is 0 Å². The minimum Gasteiger partial charge on any atom is -0.503 e. The molecule has 1 atom stereocenters. The Bertz CT molecular complexity index is 1040. The lowest BCUT2D eigenvalue weighted by atomic mass is 9.94. The third-order valence-corrected chi connectivity index (χ3v) is 4.66. The molecule has 2 aromatic carbocycles. The van der Waals surface area contributed by atoms with Gasteiger partial charge in [-0.25, -0.2) is 0 Å². The third kappa shape index (κ3) is 2.85.